The smallest absolute Gasteiger partial charge is 0.0931 e. The number of anilines is 2. The molecule has 0 spiro atoms. The summed E-state index contributed by atoms with van der Waals surface area (Å²) in [4.78, 5) is 9.50. The van der Waals surface area contributed by atoms with Crippen molar-refractivity contribution in [2.45, 2.75) is 6.54 Å². The molecule has 0 atom stereocenters. The van der Waals surface area contributed by atoms with Gasteiger partial charge in [0.25, 0.3) is 0 Å². The number of fused-ring (bicyclic) bond motifs is 1. The summed E-state index contributed by atoms with van der Waals surface area (Å²) in [5.74, 6) is 0. The summed E-state index contributed by atoms with van der Waals surface area (Å²) in [6.45, 7) is 0.574. The van der Waals surface area contributed by atoms with Gasteiger partial charge < -0.3 is 15.6 Å². The highest BCUT2D eigenvalue weighted by Gasteiger charge is 2.05. The molecule has 0 aliphatic rings. The number of H-pyrrole nitrogens is 1. The Balaban J connectivity index is 1.94. The van der Waals surface area contributed by atoms with Gasteiger partial charge in [-0.15, -0.1) is 0 Å². The Bertz CT molecular complexity index is 685. The number of aromatic amines is 1. The summed E-state index contributed by atoms with van der Waals surface area (Å²) in [5.41, 5.74) is 11.0. The molecule has 0 saturated heterocycles. The molecule has 0 aliphatic carbocycles. The lowest BCUT2D eigenvalue weighted by molar-refractivity contribution is 1.07. The van der Waals surface area contributed by atoms with E-state index in [0.29, 0.717) is 6.54 Å². The summed E-state index contributed by atoms with van der Waals surface area (Å²) in [6, 6.07) is 14.5. The standard InChI is InChI=1S/C15H16N4/c1-19(12-4-2-11(9-16)3-5-12)13-6-7-14-15(8-13)18-10-17-14/h2-8,10H,9,16H2,1H3,(H,17,18). The van der Waals surface area contributed by atoms with Crippen molar-refractivity contribution in [2.75, 3.05) is 11.9 Å². The summed E-state index contributed by atoms with van der Waals surface area (Å²) < 4.78 is 0. The maximum Gasteiger partial charge on any atom is 0.0931 e. The first-order valence-electron chi connectivity index (χ1n) is 6.24. The van der Waals surface area contributed by atoms with Gasteiger partial charge in [-0.05, 0) is 35.9 Å². The zero-order chi connectivity index (χ0) is 13.2. The highest BCUT2D eigenvalue weighted by molar-refractivity contribution is 5.80. The number of nitrogens with zero attached hydrogens (tertiary/aromatic N) is 2. The lowest BCUT2D eigenvalue weighted by atomic mass is 10.2. The Morgan fingerprint density at radius 3 is 2.58 bits per heavy atom. The molecule has 0 bridgehead atoms. The molecule has 0 radical (unpaired) electrons. The number of aromatic nitrogens is 2. The molecular formula is C15H16N4. The first kappa shape index (κ1) is 11.7. The third-order valence-electron chi connectivity index (χ3n) is 3.35. The number of benzene rings is 2. The number of imidazole rings is 1. The average Bonchev–Trinajstić information content (AvgIpc) is 2.94. The molecule has 1 heterocycles. The van der Waals surface area contributed by atoms with E-state index in [2.05, 4.69) is 58.3 Å². The zero-order valence-corrected chi connectivity index (χ0v) is 10.8. The molecule has 96 valence electrons. The van der Waals surface area contributed by atoms with Gasteiger partial charge in [0.05, 0.1) is 17.4 Å². The van der Waals surface area contributed by atoms with E-state index >= 15 is 0 Å². The van der Waals surface area contributed by atoms with E-state index in [1.165, 1.54) is 0 Å². The second-order valence-electron chi connectivity index (χ2n) is 4.53. The van der Waals surface area contributed by atoms with Crippen LogP contribution < -0.4 is 10.6 Å². The normalized spacial score (nSPS) is 10.8. The van der Waals surface area contributed by atoms with Gasteiger partial charge in [0.15, 0.2) is 0 Å². The fourth-order valence-corrected chi connectivity index (χ4v) is 2.14. The minimum atomic E-state index is 0.574. The van der Waals surface area contributed by atoms with E-state index in [-0.39, 0.29) is 0 Å². The van der Waals surface area contributed by atoms with Gasteiger partial charge >= 0.3 is 0 Å². The predicted molar refractivity (Wildman–Crippen MR) is 78.5 cm³/mol. The minimum Gasteiger partial charge on any atom is -0.345 e. The van der Waals surface area contributed by atoms with Crippen molar-refractivity contribution in [3.05, 3.63) is 54.4 Å². The van der Waals surface area contributed by atoms with Crippen LogP contribution in [-0.2, 0) is 6.54 Å². The number of hydrogen-bond donors (Lipinski definition) is 2. The molecule has 4 heteroatoms. The molecule has 19 heavy (non-hydrogen) atoms. The van der Waals surface area contributed by atoms with Crippen molar-refractivity contribution in [3.63, 3.8) is 0 Å². The number of rotatable bonds is 3. The molecule has 0 amide bonds. The zero-order valence-electron chi connectivity index (χ0n) is 10.8. The van der Waals surface area contributed by atoms with Gasteiger partial charge in [0.1, 0.15) is 0 Å². The molecule has 2 aromatic carbocycles. The second-order valence-corrected chi connectivity index (χ2v) is 4.53. The first-order valence-corrected chi connectivity index (χ1v) is 6.24. The first-order chi connectivity index (χ1) is 9.28. The topological polar surface area (TPSA) is 57.9 Å². The molecule has 0 fully saturated rings. The highest BCUT2D eigenvalue weighted by atomic mass is 15.1. The molecule has 0 saturated carbocycles. The molecule has 3 N–H and O–H groups in total. The molecule has 1 aromatic heterocycles. The van der Waals surface area contributed by atoms with Gasteiger partial charge in [-0.2, -0.15) is 0 Å². The number of hydrogen-bond acceptors (Lipinski definition) is 3. The number of nitrogens with two attached hydrogens (primary N) is 1. The largest absolute Gasteiger partial charge is 0.345 e. The van der Waals surface area contributed by atoms with Crippen molar-refractivity contribution in [1.82, 2.24) is 9.97 Å². The fourth-order valence-electron chi connectivity index (χ4n) is 2.14. The molecule has 3 aromatic rings. The monoisotopic (exact) mass is 252 g/mol. The van der Waals surface area contributed by atoms with Crippen LogP contribution in [0.3, 0.4) is 0 Å². The van der Waals surface area contributed by atoms with E-state index in [1.54, 1.807) is 6.33 Å². The maximum absolute atomic E-state index is 5.61. The van der Waals surface area contributed by atoms with Crippen molar-refractivity contribution >= 4 is 22.4 Å². The molecule has 0 aliphatic heterocycles. The third kappa shape index (κ3) is 2.18. The van der Waals surface area contributed by atoms with Crippen molar-refractivity contribution in [1.29, 1.82) is 0 Å². The van der Waals surface area contributed by atoms with Crippen LogP contribution >= 0.6 is 0 Å². The summed E-state index contributed by atoms with van der Waals surface area (Å²) >= 11 is 0. The highest BCUT2D eigenvalue weighted by Crippen LogP contribution is 2.26. The van der Waals surface area contributed by atoms with Gasteiger partial charge in [0.2, 0.25) is 0 Å². The van der Waals surface area contributed by atoms with E-state index in [0.717, 1.165) is 28.0 Å². The molecule has 3 rings (SSSR count). The molecule has 4 nitrogen and oxygen atoms in total. The van der Waals surface area contributed by atoms with Crippen LogP contribution in [0, 0.1) is 0 Å². The Labute approximate surface area is 111 Å². The fraction of sp³-hybridized carbons (Fsp3) is 0.133. The van der Waals surface area contributed by atoms with Gasteiger partial charge in [0, 0.05) is 25.0 Å². The quantitative estimate of drug-likeness (QED) is 0.753. The van der Waals surface area contributed by atoms with Gasteiger partial charge in [-0.3, -0.25) is 0 Å². The van der Waals surface area contributed by atoms with Gasteiger partial charge in [-0.25, -0.2) is 4.98 Å². The third-order valence-corrected chi connectivity index (χ3v) is 3.35. The average molecular weight is 252 g/mol. The molecule has 0 unspecified atom stereocenters. The van der Waals surface area contributed by atoms with Gasteiger partial charge in [-0.1, -0.05) is 12.1 Å². The van der Waals surface area contributed by atoms with Crippen LogP contribution in [0.25, 0.3) is 11.0 Å². The Morgan fingerprint density at radius 2 is 1.84 bits per heavy atom. The van der Waals surface area contributed by atoms with Crippen molar-refractivity contribution < 1.29 is 0 Å². The van der Waals surface area contributed by atoms with E-state index in [4.69, 9.17) is 5.73 Å². The summed E-state index contributed by atoms with van der Waals surface area (Å²) in [7, 11) is 2.05. The van der Waals surface area contributed by atoms with Crippen molar-refractivity contribution in [3.8, 4) is 0 Å². The van der Waals surface area contributed by atoms with Crippen LogP contribution in [0.2, 0.25) is 0 Å². The van der Waals surface area contributed by atoms with E-state index < -0.39 is 0 Å². The van der Waals surface area contributed by atoms with Crippen LogP contribution in [0.15, 0.2) is 48.8 Å². The van der Waals surface area contributed by atoms with Crippen LogP contribution in [0.1, 0.15) is 5.56 Å². The predicted octanol–water partition coefficient (Wildman–Crippen LogP) is 2.79. The summed E-state index contributed by atoms with van der Waals surface area (Å²) in [6.07, 6.45) is 1.71. The molecular weight excluding hydrogens is 236 g/mol. The Hall–Kier alpha value is -2.33. The second kappa shape index (κ2) is 4.74. The van der Waals surface area contributed by atoms with Crippen molar-refractivity contribution in [2.24, 2.45) is 5.73 Å². The summed E-state index contributed by atoms with van der Waals surface area (Å²) in [5, 5.41) is 0. The lowest BCUT2D eigenvalue weighted by Crippen LogP contribution is -2.09. The van der Waals surface area contributed by atoms with Crippen LogP contribution in [0.4, 0.5) is 11.4 Å². The number of nitrogens with one attached hydrogen (secondary N) is 1. The van der Waals surface area contributed by atoms with E-state index in [1.807, 2.05) is 6.07 Å². The Kier molecular flexibility index (Phi) is 2.93. The van der Waals surface area contributed by atoms with Crippen LogP contribution in [-0.4, -0.2) is 17.0 Å². The Morgan fingerprint density at radius 1 is 1.11 bits per heavy atom. The SMILES string of the molecule is CN(c1ccc(CN)cc1)c1ccc2nc[nH]c2c1. The lowest BCUT2D eigenvalue weighted by Gasteiger charge is -2.19. The van der Waals surface area contributed by atoms with Crippen LogP contribution in [0.5, 0.6) is 0 Å². The minimum absolute atomic E-state index is 0.574. The maximum atomic E-state index is 5.61. The van der Waals surface area contributed by atoms with E-state index in [9.17, 15) is 0 Å².